The van der Waals surface area contributed by atoms with Crippen LogP contribution in [0.2, 0.25) is 5.02 Å². The Bertz CT molecular complexity index is 540. The standard InChI is InChI=1S/C13H19ClN4O2/c1-2-15-11(19)7-16-12-10(14)6-17-18(13(12)20)8-9-4-3-5-9/h6,9,16H,2-5,7-8H2,1H3,(H,15,19). The summed E-state index contributed by atoms with van der Waals surface area (Å²) in [4.78, 5) is 23.7. The Hall–Kier alpha value is -1.56. The molecule has 1 aliphatic carbocycles. The van der Waals surface area contributed by atoms with E-state index in [0.717, 1.165) is 12.8 Å². The zero-order valence-corrected chi connectivity index (χ0v) is 12.2. The second-order valence-electron chi connectivity index (χ2n) is 4.96. The van der Waals surface area contributed by atoms with Gasteiger partial charge in [0.25, 0.3) is 5.56 Å². The molecule has 110 valence electrons. The van der Waals surface area contributed by atoms with Crippen LogP contribution in [0.4, 0.5) is 5.69 Å². The number of nitrogens with one attached hydrogen (secondary N) is 2. The summed E-state index contributed by atoms with van der Waals surface area (Å²) in [5.74, 6) is 0.350. The molecule has 0 aliphatic heterocycles. The fourth-order valence-corrected chi connectivity index (χ4v) is 2.30. The highest BCUT2D eigenvalue weighted by atomic mass is 35.5. The molecular weight excluding hydrogens is 280 g/mol. The Morgan fingerprint density at radius 2 is 2.30 bits per heavy atom. The van der Waals surface area contributed by atoms with Gasteiger partial charge in [-0.2, -0.15) is 5.10 Å². The third-order valence-electron chi connectivity index (χ3n) is 3.45. The van der Waals surface area contributed by atoms with Gasteiger partial charge in [-0.05, 0) is 25.7 Å². The summed E-state index contributed by atoms with van der Waals surface area (Å²) < 4.78 is 1.43. The molecule has 0 unspecified atom stereocenters. The van der Waals surface area contributed by atoms with Crippen LogP contribution >= 0.6 is 11.6 Å². The molecule has 1 aromatic rings. The highest BCUT2D eigenvalue weighted by Crippen LogP contribution is 2.27. The minimum atomic E-state index is -0.270. The lowest BCUT2D eigenvalue weighted by molar-refractivity contribution is -0.119. The van der Waals surface area contributed by atoms with Crippen LogP contribution in [-0.2, 0) is 11.3 Å². The Kier molecular flexibility index (Phi) is 5.00. The molecule has 0 radical (unpaired) electrons. The summed E-state index contributed by atoms with van der Waals surface area (Å²) in [6.45, 7) is 3.03. The predicted molar refractivity (Wildman–Crippen MR) is 78.0 cm³/mol. The van der Waals surface area contributed by atoms with Gasteiger partial charge >= 0.3 is 0 Å². The third-order valence-corrected chi connectivity index (χ3v) is 3.74. The average molecular weight is 299 g/mol. The summed E-state index contributed by atoms with van der Waals surface area (Å²) in [6, 6.07) is 0. The number of rotatable bonds is 6. The molecule has 20 heavy (non-hydrogen) atoms. The molecule has 1 fully saturated rings. The van der Waals surface area contributed by atoms with Crippen molar-refractivity contribution in [2.75, 3.05) is 18.4 Å². The molecule has 0 spiro atoms. The van der Waals surface area contributed by atoms with Crippen LogP contribution in [0.5, 0.6) is 0 Å². The largest absolute Gasteiger partial charge is 0.370 e. The van der Waals surface area contributed by atoms with Crippen molar-refractivity contribution in [1.29, 1.82) is 0 Å². The number of carbonyl (C=O) groups is 1. The molecule has 1 amide bonds. The molecule has 0 aromatic carbocycles. The molecule has 1 heterocycles. The summed E-state index contributed by atoms with van der Waals surface area (Å²) in [6.07, 6.45) is 4.94. The van der Waals surface area contributed by atoms with Crippen molar-refractivity contribution in [1.82, 2.24) is 15.1 Å². The topological polar surface area (TPSA) is 76.0 Å². The van der Waals surface area contributed by atoms with Gasteiger partial charge in [0.05, 0.1) is 17.8 Å². The van der Waals surface area contributed by atoms with E-state index in [1.54, 1.807) is 0 Å². The number of anilines is 1. The first-order chi connectivity index (χ1) is 9.61. The van der Waals surface area contributed by atoms with Gasteiger partial charge in [-0.15, -0.1) is 0 Å². The number of carbonyl (C=O) groups excluding carboxylic acids is 1. The maximum absolute atomic E-state index is 12.3. The minimum Gasteiger partial charge on any atom is -0.370 e. The lowest BCUT2D eigenvalue weighted by Crippen LogP contribution is -2.34. The van der Waals surface area contributed by atoms with Crippen molar-refractivity contribution in [3.05, 3.63) is 21.6 Å². The van der Waals surface area contributed by atoms with E-state index in [9.17, 15) is 9.59 Å². The highest BCUT2D eigenvalue weighted by Gasteiger charge is 2.20. The van der Waals surface area contributed by atoms with Crippen LogP contribution in [0.3, 0.4) is 0 Å². The first kappa shape index (κ1) is 14.8. The normalized spacial score (nSPS) is 14.7. The lowest BCUT2D eigenvalue weighted by atomic mass is 9.85. The molecule has 1 saturated carbocycles. The molecule has 1 aromatic heterocycles. The van der Waals surface area contributed by atoms with E-state index in [2.05, 4.69) is 15.7 Å². The van der Waals surface area contributed by atoms with Crippen molar-refractivity contribution < 1.29 is 4.79 Å². The van der Waals surface area contributed by atoms with E-state index in [-0.39, 0.29) is 28.7 Å². The number of halogens is 1. The molecular formula is C13H19ClN4O2. The fraction of sp³-hybridized carbons (Fsp3) is 0.615. The molecule has 0 saturated heterocycles. The van der Waals surface area contributed by atoms with Gasteiger partial charge in [-0.1, -0.05) is 18.0 Å². The van der Waals surface area contributed by atoms with E-state index in [1.807, 2.05) is 6.92 Å². The van der Waals surface area contributed by atoms with Crippen molar-refractivity contribution in [3.63, 3.8) is 0 Å². The molecule has 2 N–H and O–H groups in total. The summed E-state index contributed by atoms with van der Waals surface area (Å²) in [7, 11) is 0. The number of nitrogens with zero attached hydrogens (tertiary/aromatic N) is 2. The minimum absolute atomic E-state index is 0.0240. The van der Waals surface area contributed by atoms with Gasteiger partial charge in [0.1, 0.15) is 5.69 Å². The summed E-state index contributed by atoms with van der Waals surface area (Å²) >= 11 is 5.98. The third kappa shape index (κ3) is 3.50. The van der Waals surface area contributed by atoms with Gasteiger partial charge in [-0.25, -0.2) is 4.68 Å². The van der Waals surface area contributed by atoms with Crippen molar-refractivity contribution in [2.24, 2.45) is 5.92 Å². The Balaban J connectivity index is 2.08. The number of aromatic nitrogens is 2. The van der Waals surface area contributed by atoms with Gasteiger partial charge in [0.2, 0.25) is 5.91 Å². The van der Waals surface area contributed by atoms with Crippen LogP contribution in [0.25, 0.3) is 0 Å². The lowest BCUT2D eigenvalue weighted by Gasteiger charge is -2.25. The summed E-state index contributed by atoms with van der Waals surface area (Å²) in [5.41, 5.74) is -0.0269. The van der Waals surface area contributed by atoms with E-state index in [1.165, 1.54) is 17.3 Å². The van der Waals surface area contributed by atoms with Crippen LogP contribution in [-0.4, -0.2) is 28.8 Å². The van der Waals surface area contributed by atoms with Gasteiger partial charge in [0.15, 0.2) is 0 Å². The van der Waals surface area contributed by atoms with Gasteiger partial charge in [0, 0.05) is 13.1 Å². The van der Waals surface area contributed by atoms with Crippen LogP contribution in [0.15, 0.2) is 11.0 Å². The molecule has 1 aliphatic rings. The van der Waals surface area contributed by atoms with E-state index in [4.69, 9.17) is 11.6 Å². The Morgan fingerprint density at radius 3 is 2.90 bits per heavy atom. The molecule has 6 nitrogen and oxygen atoms in total. The van der Waals surface area contributed by atoms with E-state index >= 15 is 0 Å². The number of hydrogen-bond acceptors (Lipinski definition) is 4. The van der Waals surface area contributed by atoms with Crippen molar-refractivity contribution in [3.8, 4) is 0 Å². The second-order valence-corrected chi connectivity index (χ2v) is 5.37. The zero-order valence-electron chi connectivity index (χ0n) is 11.5. The SMILES string of the molecule is CCNC(=O)CNc1c(Cl)cnn(CC2CCC2)c1=O. The summed E-state index contributed by atoms with van der Waals surface area (Å²) in [5, 5.41) is 9.74. The molecule has 0 bridgehead atoms. The first-order valence-corrected chi connectivity index (χ1v) is 7.25. The highest BCUT2D eigenvalue weighted by molar-refractivity contribution is 6.33. The van der Waals surface area contributed by atoms with Crippen molar-refractivity contribution in [2.45, 2.75) is 32.7 Å². The molecule has 2 rings (SSSR count). The quantitative estimate of drug-likeness (QED) is 0.828. The van der Waals surface area contributed by atoms with E-state index in [0.29, 0.717) is 19.0 Å². The predicted octanol–water partition coefficient (Wildman–Crippen LogP) is 1.24. The first-order valence-electron chi connectivity index (χ1n) is 6.88. The molecule has 7 heteroatoms. The maximum atomic E-state index is 12.3. The monoisotopic (exact) mass is 298 g/mol. The smallest absolute Gasteiger partial charge is 0.291 e. The number of amides is 1. The molecule has 0 atom stereocenters. The Morgan fingerprint density at radius 1 is 1.55 bits per heavy atom. The zero-order chi connectivity index (χ0) is 14.5. The van der Waals surface area contributed by atoms with Crippen LogP contribution in [0.1, 0.15) is 26.2 Å². The number of likely N-dealkylation sites (N-methyl/N-ethyl adjacent to an activating group) is 1. The van der Waals surface area contributed by atoms with Crippen LogP contribution < -0.4 is 16.2 Å². The number of hydrogen-bond donors (Lipinski definition) is 2. The van der Waals surface area contributed by atoms with Gasteiger partial charge in [-0.3, -0.25) is 9.59 Å². The fourth-order valence-electron chi connectivity index (χ4n) is 2.11. The second kappa shape index (κ2) is 6.74. The Labute approximate surface area is 122 Å². The maximum Gasteiger partial charge on any atom is 0.291 e. The van der Waals surface area contributed by atoms with E-state index < -0.39 is 0 Å². The van der Waals surface area contributed by atoms with Crippen molar-refractivity contribution >= 4 is 23.2 Å². The average Bonchev–Trinajstić information content (AvgIpc) is 2.36. The van der Waals surface area contributed by atoms with Crippen LogP contribution in [0, 0.1) is 5.92 Å². The van der Waals surface area contributed by atoms with Gasteiger partial charge < -0.3 is 10.6 Å².